The molecule has 39 heavy (non-hydrogen) atoms. The van der Waals surface area contributed by atoms with E-state index in [0.29, 0.717) is 11.1 Å². The summed E-state index contributed by atoms with van der Waals surface area (Å²) in [5, 5.41) is 2.33. The largest absolute Gasteiger partial charge is 0.494 e. The molecule has 0 radical (unpaired) electrons. The highest BCUT2D eigenvalue weighted by atomic mass is 35.5. The van der Waals surface area contributed by atoms with Crippen LogP contribution in [0.4, 0.5) is 13.6 Å². The molecule has 4 rings (SSSR count). The van der Waals surface area contributed by atoms with Crippen molar-refractivity contribution in [1.29, 1.82) is 0 Å². The molecule has 0 bridgehead atoms. The van der Waals surface area contributed by atoms with Crippen LogP contribution in [0, 0.1) is 11.6 Å². The molecular weight excluding hydrogens is 532 g/mol. The molecule has 3 aromatic rings. The van der Waals surface area contributed by atoms with Crippen molar-refractivity contribution in [3.8, 4) is 22.6 Å². The molecule has 0 aromatic heterocycles. The molecule has 10 heteroatoms. The summed E-state index contributed by atoms with van der Waals surface area (Å²) >= 11 is 6.46. The van der Waals surface area contributed by atoms with Crippen molar-refractivity contribution in [1.82, 2.24) is 5.32 Å². The van der Waals surface area contributed by atoms with Gasteiger partial charge in [-0.1, -0.05) is 41.9 Å². The topological polar surface area (TPSA) is 83.1 Å². The van der Waals surface area contributed by atoms with Crippen LogP contribution in [0.25, 0.3) is 11.1 Å². The van der Waals surface area contributed by atoms with E-state index in [9.17, 15) is 9.59 Å². The zero-order chi connectivity index (χ0) is 28.5. The number of carbonyl (C=O) groups excluding carboxylic acids is 2. The Balaban J connectivity index is 1.89. The molecule has 1 aliphatic heterocycles. The van der Waals surface area contributed by atoms with Crippen LogP contribution in [-0.2, 0) is 21.5 Å². The lowest BCUT2D eigenvalue weighted by molar-refractivity contribution is 0.0414. The fourth-order valence-electron chi connectivity index (χ4n) is 4.57. The van der Waals surface area contributed by atoms with Crippen LogP contribution in [0.15, 0.2) is 48.5 Å². The SMILES string of the molecule is COC(=O)c1ccc(OC)c(F)c1-c1c(Cl)c(F)cc2c1CC(CNC(=O)OC(C)(C)C)(c1ccccc1)O2. The molecule has 0 fully saturated rings. The van der Waals surface area contributed by atoms with E-state index in [1.807, 2.05) is 6.07 Å². The van der Waals surface area contributed by atoms with Crippen LogP contribution in [0.2, 0.25) is 5.02 Å². The molecule has 0 saturated heterocycles. The first kappa shape index (κ1) is 28.2. The number of hydrogen-bond acceptors (Lipinski definition) is 6. The van der Waals surface area contributed by atoms with Gasteiger partial charge in [-0.3, -0.25) is 0 Å². The average Bonchev–Trinajstić information content (AvgIpc) is 3.27. The number of rotatable bonds is 6. The van der Waals surface area contributed by atoms with Gasteiger partial charge < -0.3 is 24.3 Å². The van der Waals surface area contributed by atoms with E-state index >= 15 is 8.78 Å². The number of fused-ring (bicyclic) bond motifs is 1. The Labute approximate surface area is 230 Å². The van der Waals surface area contributed by atoms with Crippen molar-refractivity contribution >= 4 is 23.7 Å². The van der Waals surface area contributed by atoms with Gasteiger partial charge in [0.25, 0.3) is 0 Å². The van der Waals surface area contributed by atoms with E-state index in [0.717, 1.165) is 13.2 Å². The highest BCUT2D eigenvalue weighted by Gasteiger charge is 2.45. The van der Waals surface area contributed by atoms with E-state index < -0.39 is 39.9 Å². The van der Waals surface area contributed by atoms with Crippen molar-refractivity contribution in [3.05, 3.63) is 81.9 Å². The van der Waals surface area contributed by atoms with Crippen molar-refractivity contribution in [3.63, 3.8) is 0 Å². The number of benzene rings is 3. The molecule has 1 N–H and O–H groups in total. The first-order chi connectivity index (χ1) is 18.4. The highest BCUT2D eigenvalue weighted by Crippen LogP contribution is 2.50. The minimum absolute atomic E-state index is 0.0503. The quantitative estimate of drug-likeness (QED) is 0.350. The third-order valence-corrected chi connectivity index (χ3v) is 6.62. The monoisotopic (exact) mass is 559 g/mol. The number of alkyl carbamates (subject to hydrolysis) is 1. The zero-order valence-corrected chi connectivity index (χ0v) is 22.9. The molecule has 1 heterocycles. The van der Waals surface area contributed by atoms with Gasteiger partial charge in [0.1, 0.15) is 17.2 Å². The molecule has 0 aliphatic carbocycles. The molecule has 1 unspecified atom stereocenters. The Kier molecular flexibility index (Phi) is 7.75. The van der Waals surface area contributed by atoms with Crippen molar-refractivity contribution in [2.45, 2.75) is 38.4 Å². The summed E-state index contributed by atoms with van der Waals surface area (Å²) in [6, 6.07) is 12.7. The van der Waals surface area contributed by atoms with Crippen LogP contribution >= 0.6 is 11.6 Å². The molecule has 0 saturated carbocycles. The van der Waals surface area contributed by atoms with Gasteiger partial charge in [-0.25, -0.2) is 18.4 Å². The Bertz CT molecular complexity index is 1420. The Hall–Kier alpha value is -3.85. The van der Waals surface area contributed by atoms with E-state index in [1.165, 1.54) is 19.2 Å². The lowest BCUT2D eigenvalue weighted by Crippen LogP contribution is -2.45. The predicted octanol–water partition coefficient (Wildman–Crippen LogP) is 6.44. The molecule has 7 nitrogen and oxygen atoms in total. The normalized spacial score (nSPS) is 16.2. The highest BCUT2D eigenvalue weighted by molar-refractivity contribution is 6.34. The van der Waals surface area contributed by atoms with E-state index in [4.69, 9.17) is 30.5 Å². The second-order valence-electron chi connectivity index (χ2n) is 10.0. The Morgan fingerprint density at radius 2 is 1.77 bits per heavy atom. The molecule has 206 valence electrons. The fourth-order valence-corrected chi connectivity index (χ4v) is 4.83. The number of ether oxygens (including phenoxy) is 4. The van der Waals surface area contributed by atoms with Crippen molar-refractivity contribution in [2.24, 2.45) is 0 Å². The maximum atomic E-state index is 15.8. The summed E-state index contributed by atoms with van der Waals surface area (Å²) < 4.78 is 52.7. The van der Waals surface area contributed by atoms with Gasteiger partial charge in [-0.05, 0) is 38.5 Å². The minimum atomic E-state index is -1.23. The summed E-state index contributed by atoms with van der Waals surface area (Å²) in [4.78, 5) is 25.2. The number of methoxy groups -OCH3 is 2. The summed E-state index contributed by atoms with van der Waals surface area (Å²) in [7, 11) is 2.42. The minimum Gasteiger partial charge on any atom is -0.494 e. The zero-order valence-electron chi connectivity index (χ0n) is 22.1. The summed E-state index contributed by atoms with van der Waals surface area (Å²) in [6.45, 7) is 5.14. The lowest BCUT2D eigenvalue weighted by atomic mass is 9.85. The van der Waals surface area contributed by atoms with Gasteiger partial charge in [-0.2, -0.15) is 0 Å². The average molecular weight is 560 g/mol. The van der Waals surface area contributed by atoms with Crippen molar-refractivity contribution < 1.29 is 37.3 Å². The third-order valence-electron chi connectivity index (χ3n) is 6.25. The van der Waals surface area contributed by atoms with Gasteiger partial charge in [0.15, 0.2) is 17.2 Å². The first-order valence-corrected chi connectivity index (χ1v) is 12.5. The summed E-state index contributed by atoms with van der Waals surface area (Å²) in [6.07, 6.45) is -0.622. The number of amides is 1. The maximum Gasteiger partial charge on any atom is 0.407 e. The van der Waals surface area contributed by atoms with Crippen LogP contribution in [0.1, 0.15) is 42.3 Å². The third kappa shape index (κ3) is 5.49. The fraction of sp³-hybridized carbons (Fsp3) is 0.310. The molecule has 0 spiro atoms. The van der Waals surface area contributed by atoms with Gasteiger partial charge in [0.05, 0.1) is 31.4 Å². The van der Waals surface area contributed by atoms with Gasteiger partial charge in [-0.15, -0.1) is 0 Å². The molecule has 1 atom stereocenters. The van der Waals surface area contributed by atoms with E-state index in [1.54, 1.807) is 45.0 Å². The number of halogens is 3. The maximum absolute atomic E-state index is 15.8. The van der Waals surface area contributed by atoms with Crippen molar-refractivity contribution in [2.75, 3.05) is 20.8 Å². The first-order valence-electron chi connectivity index (χ1n) is 12.1. The summed E-state index contributed by atoms with van der Waals surface area (Å²) in [5.41, 5.74) is -1.48. The van der Waals surface area contributed by atoms with Crippen LogP contribution < -0.4 is 14.8 Å². The second-order valence-corrected chi connectivity index (χ2v) is 10.4. The number of esters is 1. The number of hydrogen-bond donors (Lipinski definition) is 1. The Morgan fingerprint density at radius 3 is 2.38 bits per heavy atom. The van der Waals surface area contributed by atoms with Gasteiger partial charge >= 0.3 is 12.1 Å². The van der Waals surface area contributed by atoms with Crippen LogP contribution in [-0.4, -0.2) is 38.4 Å². The van der Waals surface area contributed by atoms with E-state index in [2.05, 4.69) is 5.32 Å². The number of nitrogens with one attached hydrogen (secondary N) is 1. The molecular formula is C29H28ClF2NO6. The van der Waals surface area contributed by atoms with Gasteiger partial charge in [0.2, 0.25) is 0 Å². The smallest absolute Gasteiger partial charge is 0.407 e. The number of carbonyl (C=O) groups is 2. The Morgan fingerprint density at radius 1 is 1.08 bits per heavy atom. The van der Waals surface area contributed by atoms with Crippen LogP contribution in [0.3, 0.4) is 0 Å². The molecule has 1 amide bonds. The predicted molar refractivity (Wildman–Crippen MR) is 141 cm³/mol. The van der Waals surface area contributed by atoms with Gasteiger partial charge in [0, 0.05) is 29.2 Å². The summed E-state index contributed by atoms with van der Waals surface area (Å²) in [5.74, 6) is -2.74. The molecule has 3 aromatic carbocycles. The van der Waals surface area contributed by atoms with Crippen LogP contribution in [0.5, 0.6) is 11.5 Å². The molecule has 1 aliphatic rings. The lowest BCUT2D eigenvalue weighted by Gasteiger charge is -2.30. The standard InChI is InChI=1S/C29H28ClF2NO6/c1-28(2,3)39-27(35)33-15-29(16-9-7-6-8-10-16)14-18-21(38-29)13-19(31)24(30)22(18)23-17(26(34)37-5)11-12-20(36-4)25(23)32/h6-13H,14-15H2,1-5H3,(H,33,35). The second kappa shape index (κ2) is 10.7. The van der Waals surface area contributed by atoms with E-state index in [-0.39, 0.29) is 41.2 Å².